The van der Waals surface area contributed by atoms with Crippen molar-refractivity contribution >= 4 is 23.6 Å². The number of rotatable bonds is 10. The lowest BCUT2D eigenvalue weighted by Gasteiger charge is -2.12. The van der Waals surface area contributed by atoms with Gasteiger partial charge in [0.2, 0.25) is 5.91 Å². The number of carbonyl (C=O) groups is 2. The summed E-state index contributed by atoms with van der Waals surface area (Å²) in [4.78, 5) is 24.8. The van der Waals surface area contributed by atoms with Crippen LogP contribution in [0.25, 0.3) is 11.4 Å². The largest absolute Gasteiger partial charge is 0.351 e. The highest BCUT2D eigenvalue weighted by atomic mass is 32.2. The number of aromatic nitrogens is 3. The van der Waals surface area contributed by atoms with E-state index in [1.807, 2.05) is 74.7 Å². The van der Waals surface area contributed by atoms with Gasteiger partial charge in [0.25, 0.3) is 5.91 Å². The van der Waals surface area contributed by atoms with Crippen molar-refractivity contribution in [1.82, 2.24) is 25.4 Å². The maximum absolute atomic E-state index is 12.5. The van der Waals surface area contributed by atoms with Crippen molar-refractivity contribution in [2.75, 3.05) is 5.75 Å². The Morgan fingerprint density at radius 1 is 1.09 bits per heavy atom. The van der Waals surface area contributed by atoms with Crippen molar-refractivity contribution < 1.29 is 9.59 Å². The summed E-state index contributed by atoms with van der Waals surface area (Å²) in [7, 11) is 0. The van der Waals surface area contributed by atoms with Crippen molar-refractivity contribution in [3.05, 3.63) is 65.2 Å². The SMILES string of the molecule is CCC(C)NC(=O)c1cccc(CNC(=O)CSc2nnc(-c3ccccc3C)n2CC)c1. The van der Waals surface area contributed by atoms with Crippen LogP contribution in [0, 0.1) is 6.92 Å². The zero-order valence-corrected chi connectivity index (χ0v) is 20.4. The minimum Gasteiger partial charge on any atom is -0.351 e. The molecule has 3 aromatic rings. The molecule has 2 amide bonds. The van der Waals surface area contributed by atoms with Crippen LogP contribution < -0.4 is 10.6 Å². The molecule has 1 aromatic heterocycles. The second kappa shape index (κ2) is 11.7. The fourth-order valence-electron chi connectivity index (χ4n) is 3.32. The second-order valence-corrected chi connectivity index (χ2v) is 8.86. The van der Waals surface area contributed by atoms with E-state index in [2.05, 4.69) is 20.8 Å². The third-order valence-electron chi connectivity index (χ3n) is 5.42. The number of aryl methyl sites for hydroxylation is 1. The van der Waals surface area contributed by atoms with Gasteiger partial charge in [0.15, 0.2) is 11.0 Å². The first-order valence-corrected chi connectivity index (χ1v) is 12.2. The van der Waals surface area contributed by atoms with E-state index in [0.29, 0.717) is 18.7 Å². The van der Waals surface area contributed by atoms with Crippen LogP contribution in [-0.2, 0) is 17.9 Å². The zero-order valence-electron chi connectivity index (χ0n) is 19.6. The van der Waals surface area contributed by atoms with Crippen LogP contribution in [0.3, 0.4) is 0 Å². The Kier molecular flexibility index (Phi) is 8.65. The molecule has 0 aliphatic carbocycles. The molecule has 0 fully saturated rings. The number of nitrogens with one attached hydrogen (secondary N) is 2. The summed E-state index contributed by atoms with van der Waals surface area (Å²) in [5.41, 5.74) is 3.65. The van der Waals surface area contributed by atoms with E-state index in [1.165, 1.54) is 11.8 Å². The Hall–Kier alpha value is -3.13. The third-order valence-corrected chi connectivity index (χ3v) is 6.39. The molecule has 2 aromatic carbocycles. The van der Waals surface area contributed by atoms with Gasteiger partial charge in [0, 0.05) is 30.3 Å². The summed E-state index contributed by atoms with van der Waals surface area (Å²) in [6.07, 6.45) is 0.872. The predicted molar refractivity (Wildman–Crippen MR) is 132 cm³/mol. The summed E-state index contributed by atoms with van der Waals surface area (Å²) in [5, 5.41) is 15.3. The summed E-state index contributed by atoms with van der Waals surface area (Å²) < 4.78 is 2.03. The number of amides is 2. The highest BCUT2D eigenvalue weighted by molar-refractivity contribution is 7.99. The minimum atomic E-state index is -0.101. The number of hydrogen-bond acceptors (Lipinski definition) is 5. The van der Waals surface area contributed by atoms with E-state index < -0.39 is 0 Å². The smallest absolute Gasteiger partial charge is 0.251 e. The summed E-state index contributed by atoms with van der Waals surface area (Å²) >= 11 is 1.37. The lowest BCUT2D eigenvalue weighted by molar-refractivity contribution is -0.118. The molecule has 1 heterocycles. The van der Waals surface area contributed by atoms with Crippen molar-refractivity contribution in [3.8, 4) is 11.4 Å². The lowest BCUT2D eigenvalue weighted by Crippen LogP contribution is -2.32. The standard InChI is InChI=1S/C25H31N5O2S/c1-5-18(4)27-24(32)20-12-9-11-19(14-20)15-26-22(31)16-33-25-29-28-23(30(25)6-2)21-13-8-7-10-17(21)3/h7-14,18H,5-6,15-16H2,1-4H3,(H,26,31)(H,27,32). The van der Waals surface area contributed by atoms with E-state index in [9.17, 15) is 9.59 Å². The first kappa shape index (κ1) is 24.5. The van der Waals surface area contributed by atoms with Gasteiger partial charge in [0.1, 0.15) is 0 Å². The number of benzene rings is 2. The van der Waals surface area contributed by atoms with Crippen LogP contribution in [0.1, 0.15) is 48.7 Å². The van der Waals surface area contributed by atoms with Gasteiger partial charge in [-0.25, -0.2) is 0 Å². The zero-order chi connectivity index (χ0) is 23.8. The molecule has 0 aliphatic rings. The molecular weight excluding hydrogens is 434 g/mol. The molecule has 33 heavy (non-hydrogen) atoms. The summed E-state index contributed by atoms with van der Waals surface area (Å²) in [6.45, 7) is 9.17. The van der Waals surface area contributed by atoms with Gasteiger partial charge < -0.3 is 15.2 Å². The lowest BCUT2D eigenvalue weighted by atomic mass is 10.1. The van der Waals surface area contributed by atoms with Crippen LogP contribution in [0.5, 0.6) is 0 Å². The molecule has 1 unspecified atom stereocenters. The van der Waals surface area contributed by atoms with Crippen molar-refractivity contribution in [2.24, 2.45) is 0 Å². The number of carbonyl (C=O) groups excluding carboxylic acids is 2. The molecule has 3 rings (SSSR count). The van der Waals surface area contributed by atoms with Gasteiger partial charge >= 0.3 is 0 Å². The average molecular weight is 466 g/mol. The summed E-state index contributed by atoms with van der Waals surface area (Å²) in [6, 6.07) is 15.5. The number of nitrogens with zero attached hydrogens (tertiary/aromatic N) is 3. The molecule has 0 spiro atoms. The van der Waals surface area contributed by atoms with Gasteiger partial charge in [0.05, 0.1) is 5.75 Å². The number of thioether (sulfide) groups is 1. The third kappa shape index (κ3) is 6.44. The van der Waals surface area contributed by atoms with E-state index in [1.54, 1.807) is 6.07 Å². The molecule has 0 saturated carbocycles. The monoisotopic (exact) mass is 465 g/mol. The highest BCUT2D eigenvalue weighted by Crippen LogP contribution is 2.26. The molecule has 0 bridgehead atoms. The average Bonchev–Trinajstić information content (AvgIpc) is 3.24. The Labute approximate surface area is 199 Å². The Bertz CT molecular complexity index is 1110. The highest BCUT2D eigenvalue weighted by Gasteiger charge is 2.16. The number of hydrogen-bond donors (Lipinski definition) is 2. The van der Waals surface area contributed by atoms with Crippen LogP contribution in [0.4, 0.5) is 0 Å². The second-order valence-electron chi connectivity index (χ2n) is 7.91. The molecule has 0 aliphatic heterocycles. The van der Waals surface area contributed by atoms with Gasteiger partial charge in [-0.3, -0.25) is 9.59 Å². The van der Waals surface area contributed by atoms with E-state index in [0.717, 1.165) is 34.1 Å². The molecule has 2 N–H and O–H groups in total. The Morgan fingerprint density at radius 3 is 2.61 bits per heavy atom. The normalized spacial score (nSPS) is 11.8. The first-order chi connectivity index (χ1) is 15.9. The Morgan fingerprint density at radius 2 is 1.88 bits per heavy atom. The van der Waals surface area contributed by atoms with Crippen molar-refractivity contribution in [1.29, 1.82) is 0 Å². The molecule has 7 nitrogen and oxygen atoms in total. The van der Waals surface area contributed by atoms with Gasteiger partial charge in [-0.05, 0) is 50.5 Å². The topological polar surface area (TPSA) is 88.9 Å². The van der Waals surface area contributed by atoms with Crippen LogP contribution in [-0.4, -0.2) is 38.4 Å². The maximum Gasteiger partial charge on any atom is 0.251 e. The minimum absolute atomic E-state index is 0.0995. The van der Waals surface area contributed by atoms with Gasteiger partial charge in [-0.2, -0.15) is 0 Å². The maximum atomic E-state index is 12.5. The van der Waals surface area contributed by atoms with E-state index in [4.69, 9.17) is 0 Å². The molecule has 0 radical (unpaired) electrons. The first-order valence-electron chi connectivity index (χ1n) is 11.2. The van der Waals surface area contributed by atoms with E-state index in [-0.39, 0.29) is 23.6 Å². The molecule has 0 saturated heterocycles. The molecule has 8 heteroatoms. The molecule has 174 valence electrons. The van der Waals surface area contributed by atoms with Crippen molar-refractivity contribution in [3.63, 3.8) is 0 Å². The van der Waals surface area contributed by atoms with Gasteiger partial charge in [-0.15, -0.1) is 10.2 Å². The molecular formula is C25H31N5O2S. The fourth-order valence-corrected chi connectivity index (χ4v) is 4.15. The van der Waals surface area contributed by atoms with Crippen molar-refractivity contribution in [2.45, 2.75) is 58.4 Å². The van der Waals surface area contributed by atoms with E-state index >= 15 is 0 Å². The van der Waals surface area contributed by atoms with Crippen LogP contribution in [0.15, 0.2) is 53.7 Å². The van der Waals surface area contributed by atoms with Gasteiger partial charge in [-0.1, -0.05) is 55.1 Å². The summed E-state index contributed by atoms with van der Waals surface area (Å²) in [5.74, 6) is 0.847. The fraction of sp³-hybridized carbons (Fsp3) is 0.360. The molecule has 1 atom stereocenters. The Balaban J connectivity index is 1.57. The quantitative estimate of drug-likeness (QED) is 0.438. The predicted octanol–water partition coefficient (Wildman–Crippen LogP) is 4.21. The van der Waals surface area contributed by atoms with Crippen LogP contribution in [0.2, 0.25) is 0 Å². The van der Waals surface area contributed by atoms with Crippen LogP contribution >= 0.6 is 11.8 Å².